The molecule has 6 heteroatoms. The summed E-state index contributed by atoms with van der Waals surface area (Å²) in [5.41, 5.74) is 1.87. The summed E-state index contributed by atoms with van der Waals surface area (Å²) in [6.45, 7) is 4.02. The second-order valence-corrected chi connectivity index (χ2v) is 5.13. The van der Waals surface area contributed by atoms with E-state index in [0.717, 1.165) is 22.4 Å². The van der Waals surface area contributed by atoms with Crippen LogP contribution in [0, 0.1) is 6.92 Å². The molecular weight excluding hydrogens is 266 g/mol. The molecule has 1 aromatic carbocycles. The van der Waals surface area contributed by atoms with E-state index in [9.17, 15) is 4.79 Å². The van der Waals surface area contributed by atoms with Gasteiger partial charge >= 0.3 is 0 Å². The lowest BCUT2D eigenvalue weighted by Gasteiger charge is -2.11. The minimum Gasteiger partial charge on any atom is -0.345 e. The summed E-state index contributed by atoms with van der Waals surface area (Å²) >= 11 is 0. The van der Waals surface area contributed by atoms with Crippen LogP contribution in [0.4, 0.5) is 0 Å². The fourth-order valence-electron chi connectivity index (χ4n) is 2.25. The molecule has 0 saturated carbocycles. The minimum absolute atomic E-state index is 0.0932. The van der Waals surface area contributed by atoms with Crippen molar-refractivity contribution in [3.63, 3.8) is 0 Å². The van der Waals surface area contributed by atoms with E-state index in [-0.39, 0.29) is 18.5 Å². The number of aryl methyl sites for hydroxylation is 1. The van der Waals surface area contributed by atoms with Crippen LogP contribution < -0.4 is 5.32 Å². The van der Waals surface area contributed by atoms with Gasteiger partial charge in [0, 0.05) is 23.5 Å². The van der Waals surface area contributed by atoms with Crippen LogP contribution in [0.2, 0.25) is 0 Å². The Labute approximate surface area is 122 Å². The van der Waals surface area contributed by atoms with E-state index in [4.69, 9.17) is 0 Å². The number of nitrogens with one attached hydrogen (secondary N) is 2. The Kier molecular flexibility index (Phi) is 3.43. The molecule has 2 heterocycles. The van der Waals surface area contributed by atoms with Crippen LogP contribution >= 0.6 is 0 Å². The van der Waals surface area contributed by atoms with Gasteiger partial charge in [0.25, 0.3) is 0 Å². The van der Waals surface area contributed by atoms with Gasteiger partial charge in [-0.25, -0.2) is 4.98 Å². The largest absolute Gasteiger partial charge is 0.345 e. The van der Waals surface area contributed by atoms with Crippen LogP contribution in [0.5, 0.6) is 0 Å². The highest BCUT2D eigenvalue weighted by molar-refractivity contribution is 5.79. The number of imidazole rings is 1. The lowest BCUT2D eigenvalue weighted by Crippen LogP contribution is -2.30. The molecule has 21 heavy (non-hydrogen) atoms. The number of amides is 1. The number of aromatic amines is 1. The SMILES string of the molecule is Cc1cnc([C@H](C)NC(=O)Cn2cc3ccccc3n2)[nH]1. The molecule has 0 aliphatic heterocycles. The van der Waals surface area contributed by atoms with Gasteiger partial charge in [0.05, 0.1) is 11.6 Å². The number of rotatable bonds is 4. The van der Waals surface area contributed by atoms with Crippen LogP contribution in [0.15, 0.2) is 36.7 Å². The van der Waals surface area contributed by atoms with Gasteiger partial charge in [-0.3, -0.25) is 9.48 Å². The Bertz CT molecular complexity index is 740. The van der Waals surface area contributed by atoms with Gasteiger partial charge in [-0.15, -0.1) is 0 Å². The zero-order valence-electron chi connectivity index (χ0n) is 12.0. The van der Waals surface area contributed by atoms with Gasteiger partial charge in [0.1, 0.15) is 12.4 Å². The average Bonchev–Trinajstić information content (AvgIpc) is 3.03. The molecule has 0 saturated heterocycles. The molecule has 6 nitrogen and oxygen atoms in total. The van der Waals surface area contributed by atoms with Gasteiger partial charge in [-0.05, 0) is 19.9 Å². The molecule has 0 unspecified atom stereocenters. The summed E-state index contributed by atoms with van der Waals surface area (Å²) in [7, 11) is 0. The molecule has 0 fully saturated rings. The molecule has 1 amide bonds. The third-order valence-electron chi connectivity index (χ3n) is 3.28. The number of aromatic nitrogens is 4. The Balaban J connectivity index is 1.66. The lowest BCUT2D eigenvalue weighted by atomic mass is 10.3. The summed E-state index contributed by atoms with van der Waals surface area (Å²) in [6, 6.07) is 7.64. The molecule has 0 aliphatic carbocycles. The predicted molar refractivity (Wildman–Crippen MR) is 79.6 cm³/mol. The van der Waals surface area contributed by atoms with E-state index >= 15 is 0 Å². The first kappa shape index (κ1) is 13.4. The first-order chi connectivity index (χ1) is 10.1. The number of carbonyl (C=O) groups is 1. The zero-order chi connectivity index (χ0) is 14.8. The van der Waals surface area contributed by atoms with E-state index in [1.807, 2.05) is 44.3 Å². The van der Waals surface area contributed by atoms with Gasteiger partial charge in [0.2, 0.25) is 5.91 Å². The summed E-state index contributed by atoms with van der Waals surface area (Å²) < 4.78 is 1.65. The molecular formula is C15H17N5O. The number of carbonyl (C=O) groups excluding carboxylic acids is 1. The third-order valence-corrected chi connectivity index (χ3v) is 3.28. The first-order valence-electron chi connectivity index (χ1n) is 6.85. The second kappa shape index (κ2) is 5.40. The zero-order valence-corrected chi connectivity index (χ0v) is 12.0. The number of fused-ring (bicyclic) bond motifs is 1. The Morgan fingerprint density at radius 2 is 2.24 bits per heavy atom. The van der Waals surface area contributed by atoms with Crippen molar-refractivity contribution in [1.82, 2.24) is 25.1 Å². The Morgan fingerprint density at radius 3 is 2.95 bits per heavy atom. The topological polar surface area (TPSA) is 75.6 Å². The molecule has 0 spiro atoms. The normalized spacial score (nSPS) is 12.5. The van der Waals surface area contributed by atoms with Crippen molar-refractivity contribution < 1.29 is 4.79 Å². The number of benzene rings is 1. The minimum atomic E-state index is -0.156. The quantitative estimate of drug-likeness (QED) is 0.768. The Hall–Kier alpha value is -2.63. The van der Waals surface area contributed by atoms with Gasteiger partial charge in [0.15, 0.2) is 0 Å². The summed E-state index contributed by atoms with van der Waals surface area (Å²) in [5.74, 6) is 0.663. The summed E-state index contributed by atoms with van der Waals surface area (Å²) in [4.78, 5) is 19.4. The van der Waals surface area contributed by atoms with Gasteiger partial charge in [-0.2, -0.15) is 5.10 Å². The van der Waals surface area contributed by atoms with E-state index in [2.05, 4.69) is 20.4 Å². The number of hydrogen-bond acceptors (Lipinski definition) is 3. The standard InChI is InChI=1S/C15H17N5O/c1-10-7-16-15(17-10)11(2)18-14(21)9-20-8-12-5-3-4-6-13(12)19-20/h3-8,11H,9H2,1-2H3,(H,16,17)(H,18,21)/t11-/m0/s1. The maximum absolute atomic E-state index is 12.1. The summed E-state index contributed by atoms with van der Waals surface area (Å²) in [5, 5.41) is 8.31. The van der Waals surface area contributed by atoms with E-state index < -0.39 is 0 Å². The van der Waals surface area contributed by atoms with Crippen molar-refractivity contribution in [2.24, 2.45) is 0 Å². The van der Waals surface area contributed by atoms with Crippen molar-refractivity contribution in [2.45, 2.75) is 26.4 Å². The van der Waals surface area contributed by atoms with Crippen LogP contribution in [0.25, 0.3) is 10.9 Å². The monoisotopic (exact) mass is 283 g/mol. The van der Waals surface area contributed by atoms with Gasteiger partial charge < -0.3 is 10.3 Å². The fourth-order valence-corrected chi connectivity index (χ4v) is 2.25. The van der Waals surface area contributed by atoms with Crippen molar-refractivity contribution in [3.05, 3.63) is 48.2 Å². The van der Waals surface area contributed by atoms with Crippen molar-refractivity contribution in [1.29, 1.82) is 0 Å². The highest BCUT2D eigenvalue weighted by Crippen LogP contribution is 2.11. The van der Waals surface area contributed by atoms with Crippen LogP contribution in [-0.2, 0) is 11.3 Å². The number of hydrogen-bond donors (Lipinski definition) is 2. The second-order valence-electron chi connectivity index (χ2n) is 5.13. The van der Waals surface area contributed by atoms with Crippen molar-refractivity contribution >= 4 is 16.8 Å². The predicted octanol–water partition coefficient (Wildman–Crippen LogP) is 1.95. The van der Waals surface area contributed by atoms with Crippen LogP contribution in [0.3, 0.4) is 0 Å². The molecule has 3 rings (SSSR count). The van der Waals surface area contributed by atoms with Crippen molar-refractivity contribution in [2.75, 3.05) is 0 Å². The molecule has 2 aromatic heterocycles. The van der Waals surface area contributed by atoms with Crippen molar-refractivity contribution in [3.8, 4) is 0 Å². The fraction of sp³-hybridized carbons (Fsp3) is 0.267. The highest BCUT2D eigenvalue weighted by atomic mass is 16.2. The maximum Gasteiger partial charge on any atom is 0.242 e. The highest BCUT2D eigenvalue weighted by Gasteiger charge is 2.13. The number of nitrogens with zero attached hydrogens (tertiary/aromatic N) is 3. The van der Waals surface area contributed by atoms with E-state index in [1.165, 1.54) is 0 Å². The molecule has 0 bridgehead atoms. The average molecular weight is 283 g/mol. The molecule has 0 aliphatic rings. The van der Waals surface area contributed by atoms with Gasteiger partial charge in [-0.1, -0.05) is 18.2 Å². The summed E-state index contributed by atoms with van der Waals surface area (Å²) in [6.07, 6.45) is 3.62. The number of H-pyrrole nitrogens is 1. The van der Waals surface area contributed by atoms with E-state index in [1.54, 1.807) is 10.9 Å². The third kappa shape index (κ3) is 2.94. The molecule has 3 aromatic rings. The smallest absolute Gasteiger partial charge is 0.242 e. The van der Waals surface area contributed by atoms with Crippen LogP contribution in [-0.4, -0.2) is 25.7 Å². The molecule has 2 N–H and O–H groups in total. The first-order valence-corrected chi connectivity index (χ1v) is 6.85. The Morgan fingerprint density at radius 1 is 1.43 bits per heavy atom. The maximum atomic E-state index is 12.1. The van der Waals surface area contributed by atoms with E-state index in [0.29, 0.717) is 0 Å². The molecule has 108 valence electrons. The molecule has 0 radical (unpaired) electrons. The lowest BCUT2D eigenvalue weighted by molar-refractivity contribution is -0.122. The molecule has 1 atom stereocenters. The van der Waals surface area contributed by atoms with Crippen LogP contribution in [0.1, 0.15) is 24.5 Å².